The molecule has 1 aliphatic rings. The molecule has 0 radical (unpaired) electrons. The number of likely N-dealkylation sites (tertiary alicyclic amines) is 1. The molecule has 25 heavy (non-hydrogen) atoms. The van der Waals surface area contributed by atoms with Crippen LogP contribution < -0.4 is 0 Å². The second-order valence-corrected chi connectivity index (χ2v) is 7.18. The van der Waals surface area contributed by atoms with Gasteiger partial charge in [0.1, 0.15) is 0 Å². The van der Waals surface area contributed by atoms with Gasteiger partial charge in [-0.25, -0.2) is 0 Å². The Hall–Kier alpha value is -2.18. The van der Waals surface area contributed by atoms with Gasteiger partial charge in [-0.2, -0.15) is 10.1 Å². The molecule has 0 spiro atoms. The summed E-state index contributed by atoms with van der Waals surface area (Å²) >= 11 is 0. The van der Waals surface area contributed by atoms with Crippen LogP contribution in [0.15, 0.2) is 16.9 Å². The highest BCUT2D eigenvalue weighted by atomic mass is 16.5. The minimum atomic E-state index is 0.165. The van der Waals surface area contributed by atoms with Gasteiger partial charge in [-0.05, 0) is 31.7 Å². The van der Waals surface area contributed by atoms with Crippen LogP contribution in [-0.4, -0.2) is 43.3 Å². The van der Waals surface area contributed by atoms with Crippen molar-refractivity contribution >= 4 is 5.91 Å². The Bertz CT molecular complexity index is 706. The highest BCUT2D eigenvalue weighted by Gasteiger charge is 2.27. The molecular formula is C18H27N5O2. The van der Waals surface area contributed by atoms with Crippen LogP contribution in [0.25, 0.3) is 0 Å². The van der Waals surface area contributed by atoms with Crippen molar-refractivity contribution in [3.05, 3.63) is 29.7 Å². The lowest BCUT2D eigenvalue weighted by atomic mass is 10.0. The predicted octanol–water partition coefficient (Wildman–Crippen LogP) is 2.71. The molecule has 1 amide bonds. The molecule has 0 aliphatic carbocycles. The zero-order valence-corrected chi connectivity index (χ0v) is 15.3. The van der Waals surface area contributed by atoms with Crippen LogP contribution in [0.4, 0.5) is 0 Å². The van der Waals surface area contributed by atoms with Crippen LogP contribution >= 0.6 is 0 Å². The van der Waals surface area contributed by atoms with Gasteiger partial charge in [0.25, 0.3) is 0 Å². The number of hydrogen-bond donors (Lipinski definition) is 0. The molecule has 1 fully saturated rings. The molecule has 1 atom stereocenters. The molecule has 136 valence electrons. The highest BCUT2D eigenvalue weighted by molar-refractivity contribution is 5.76. The number of amides is 1. The number of carbonyl (C=O) groups excluding carboxylic acids is 1. The van der Waals surface area contributed by atoms with Crippen LogP contribution in [0.5, 0.6) is 0 Å². The maximum atomic E-state index is 12.7. The molecule has 0 N–H and O–H groups in total. The maximum Gasteiger partial charge on any atom is 0.227 e. The molecule has 0 bridgehead atoms. The van der Waals surface area contributed by atoms with Crippen LogP contribution in [0.1, 0.15) is 62.7 Å². The summed E-state index contributed by atoms with van der Waals surface area (Å²) in [5, 5.41) is 8.32. The number of rotatable bonds is 6. The van der Waals surface area contributed by atoms with Crippen LogP contribution in [0.3, 0.4) is 0 Å². The SMILES string of the molecule is Cc1cnn(C[C@H]2CCCCN2C(=O)CCc2nc(C(C)C)no2)c1. The average molecular weight is 345 g/mol. The third-order valence-electron chi connectivity index (χ3n) is 4.66. The lowest BCUT2D eigenvalue weighted by Gasteiger charge is -2.35. The zero-order valence-electron chi connectivity index (χ0n) is 15.3. The van der Waals surface area contributed by atoms with E-state index in [9.17, 15) is 4.79 Å². The quantitative estimate of drug-likeness (QED) is 0.804. The highest BCUT2D eigenvalue weighted by Crippen LogP contribution is 2.20. The van der Waals surface area contributed by atoms with E-state index in [0.29, 0.717) is 24.6 Å². The Morgan fingerprint density at radius 2 is 2.24 bits per heavy atom. The number of piperidine rings is 1. The van der Waals surface area contributed by atoms with Crippen LogP contribution in [-0.2, 0) is 17.8 Å². The Balaban J connectivity index is 1.58. The van der Waals surface area contributed by atoms with E-state index in [1.807, 2.05) is 42.7 Å². The molecule has 0 aromatic carbocycles. The molecule has 3 heterocycles. The molecule has 2 aromatic rings. The van der Waals surface area contributed by atoms with Crippen LogP contribution in [0, 0.1) is 6.92 Å². The van der Waals surface area contributed by atoms with Gasteiger partial charge in [0, 0.05) is 31.5 Å². The second kappa shape index (κ2) is 7.80. The third kappa shape index (κ3) is 4.46. The van der Waals surface area contributed by atoms with Crippen molar-refractivity contribution in [1.29, 1.82) is 0 Å². The first-order chi connectivity index (χ1) is 12.0. The van der Waals surface area contributed by atoms with Gasteiger partial charge >= 0.3 is 0 Å². The summed E-state index contributed by atoms with van der Waals surface area (Å²) in [6, 6.07) is 0.217. The van der Waals surface area contributed by atoms with E-state index >= 15 is 0 Å². The third-order valence-corrected chi connectivity index (χ3v) is 4.66. The monoisotopic (exact) mass is 345 g/mol. The second-order valence-electron chi connectivity index (χ2n) is 7.18. The first-order valence-corrected chi connectivity index (χ1v) is 9.14. The zero-order chi connectivity index (χ0) is 17.8. The molecule has 7 nitrogen and oxygen atoms in total. The van der Waals surface area contributed by atoms with Crippen molar-refractivity contribution in [1.82, 2.24) is 24.8 Å². The van der Waals surface area contributed by atoms with E-state index in [-0.39, 0.29) is 17.9 Å². The van der Waals surface area contributed by atoms with Crippen molar-refractivity contribution in [3.63, 3.8) is 0 Å². The van der Waals surface area contributed by atoms with Gasteiger partial charge in [0.05, 0.1) is 18.8 Å². The van der Waals surface area contributed by atoms with Crippen molar-refractivity contribution in [3.8, 4) is 0 Å². The van der Waals surface area contributed by atoms with Crippen LogP contribution in [0.2, 0.25) is 0 Å². The Morgan fingerprint density at radius 3 is 2.92 bits per heavy atom. The largest absolute Gasteiger partial charge is 0.339 e. The minimum absolute atomic E-state index is 0.165. The topological polar surface area (TPSA) is 77.1 Å². The first kappa shape index (κ1) is 17.6. The van der Waals surface area contributed by atoms with Gasteiger partial charge in [-0.15, -0.1) is 0 Å². The van der Waals surface area contributed by atoms with Gasteiger partial charge in [0.2, 0.25) is 11.8 Å². The molecule has 3 rings (SSSR count). The lowest BCUT2D eigenvalue weighted by molar-refractivity contribution is -0.135. The number of hydrogen-bond acceptors (Lipinski definition) is 5. The summed E-state index contributed by atoms with van der Waals surface area (Å²) in [5.41, 5.74) is 1.14. The normalized spacial score (nSPS) is 18.1. The molecule has 1 aliphatic heterocycles. The van der Waals surface area contributed by atoms with Gasteiger partial charge in [-0.3, -0.25) is 9.48 Å². The number of aromatic nitrogens is 4. The molecule has 2 aromatic heterocycles. The van der Waals surface area contributed by atoms with Crippen molar-refractivity contribution in [2.75, 3.05) is 6.54 Å². The number of aryl methyl sites for hydroxylation is 2. The summed E-state index contributed by atoms with van der Waals surface area (Å²) in [4.78, 5) is 19.1. The molecule has 7 heteroatoms. The maximum absolute atomic E-state index is 12.7. The minimum Gasteiger partial charge on any atom is -0.339 e. The van der Waals surface area contributed by atoms with Crippen molar-refractivity contribution < 1.29 is 9.32 Å². The van der Waals surface area contributed by atoms with E-state index in [2.05, 4.69) is 15.2 Å². The summed E-state index contributed by atoms with van der Waals surface area (Å²) < 4.78 is 7.19. The van der Waals surface area contributed by atoms with Gasteiger partial charge in [0.15, 0.2) is 5.82 Å². The molecule has 0 saturated carbocycles. The summed E-state index contributed by atoms with van der Waals surface area (Å²) in [7, 11) is 0. The van der Waals surface area contributed by atoms with Gasteiger partial charge in [-0.1, -0.05) is 19.0 Å². The number of nitrogens with zero attached hydrogens (tertiary/aromatic N) is 5. The van der Waals surface area contributed by atoms with E-state index in [4.69, 9.17) is 4.52 Å². The molecule has 0 unspecified atom stereocenters. The predicted molar refractivity (Wildman–Crippen MR) is 93.0 cm³/mol. The van der Waals surface area contributed by atoms with E-state index in [0.717, 1.165) is 37.9 Å². The van der Waals surface area contributed by atoms with E-state index in [1.54, 1.807) is 0 Å². The Kier molecular flexibility index (Phi) is 5.50. The smallest absolute Gasteiger partial charge is 0.227 e. The Morgan fingerprint density at radius 1 is 1.40 bits per heavy atom. The fraction of sp³-hybridized carbons (Fsp3) is 0.667. The van der Waals surface area contributed by atoms with Crippen molar-refractivity contribution in [2.45, 2.75) is 71.4 Å². The fourth-order valence-corrected chi connectivity index (χ4v) is 3.26. The van der Waals surface area contributed by atoms with E-state index in [1.165, 1.54) is 0 Å². The average Bonchev–Trinajstić information content (AvgIpc) is 3.22. The molecule has 1 saturated heterocycles. The summed E-state index contributed by atoms with van der Waals surface area (Å²) in [6.45, 7) is 7.66. The Labute approximate surface area is 148 Å². The molecular weight excluding hydrogens is 318 g/mol. The van der Waals surface area contributed by atoms with Gasteiger partial charge < -0.3 is 9.42 Å². The van der Waals surface area contributed by atoms with Crippen molar-refractivity contribution in [2.24, 2.45) is 0 Å². The lowest BCUT2D eigenvalue weighted by Crippen LogP contribution is -2.46. The summed E-state index contributed by atoms with van der Waals surface area (Å²) in [6.07, 6.45) is 8.06. The standard InChI is InChI=1S/C18H27N5O2/c1-13(2)18-20-16(25-21-18)7-8-17(24)23-9-5-4-6-15(23)12-22-11-14(3)10-19-22/h10-11,13,15H,4-9,12H2,1-3H3/t15-/m1/s1. The fourth-order valence-electron chi connectivity index (χ4n) is 3.26. The number of carbonyl (C=O) groups is 1. The first-order valence-electron chi connectivity index (χ1n) is 9.14. The summed E-state index contributed by atoms with van der Waals surface area (Å²) in [5.74, 6) is 1.65. The van der Waals surface area contributed by atoms with E-state index < -0.39 is 0 Å².